The van der Waals surface area contributed by atoms with E-state index in [2.05, 4.69) is 66.4 Å². The number of piperidine rings is 1. The monoisotopic (exact) mass is 265 g/mol. The van der Waals surface area contributed by atoms with Gasteiger partial charge in [-0.05, 0) is 44.0 Å². The van der Waals surface area contributed by atoms with Crippen molar-refractivity contribution in [3.63, 3.8) is 0 Å². The van der Waals surface area contributed by atoms with Gasteiger partial charge in [0.2, 0.25) is 0 Å². The van der Waals surface area contributed by atoms with Gasteiger partial charge in [-0.25, -0.2) is 0 Å². The maximum atomic E-state index is 2.64. The van der Waals surface area contributed by atoms with E-state index < -0.39 is 0 Å². The van der Waals surface area contributed by atoms with Crippen LogP contribution in [0.1, 0.15) is 42.0 Å². The molecule has 20 heavy (non-hydrogen) atoms. The summed E-state index contributed by atoms with van der Waals surface area (Å²) < 4.78 is 0. The minimum absolute atomic E-state index is 0.414. The molecule has 104 valence electrons. The van der Waals surface area contributed by atoms with Crippen LogP contribution in [-0.4, -0.2) is 18.0 Å². The molecule has 0 spiro atoms. The van der Waals surface area contributed by atoms with Crippen molar-refractivity contribution in [2.75, 3.05) is 13.1 Å². The first-order chi connectivity index (χ1) is 9.84. The van der Waals surface area contributed by atoms with E-state index >= 15 is 0 Å². The van der Waals surface area contributed by atoms with Gasteiger partial charge in [-0.2, -0.15) is 0 Å². The average molecular weight is 265 g/mol. The number of rotatable bonds is 3. The Labute approximate surface area is 122 Å². The van der Waals surface area contributed by atoms with E-state index in [1.54, 1.807) is 0 Å². The van der Waals surface area contributed by atoms with Gasteiger partial charge in [0.1, 0.15) is 0 Å². The van der Waals surface area contributed by atoms with Gasteiger partial charge in [0, 0.05) is 0 Å². The van der Waals surface area contributed by atoms with Crippen molar-refractivity contribution >= 4 is 0 Å². The third kappa shape index (κ3) is 2.94. The molecule has 0 aromatic heterocycles. The smallest absolute Gasteiger partial charge is 0.0601 e. The van der Waals surface area contributed by atoms with Gasteiger partial charge in [-0.3, -0.25) is 4.90 Å². The van der Waals surface area contributed by atoms with Crippen molar-refractivity contribution < 1.29 is 0 Å². The minimum atomic E-state index is 0.414. The molecule has 0 saturated carbocycles. The highest BCUT2D eigenvalue weighted by Gasteiger charge is 2.23. The molecule has 1 nitrogen and oxygen atoms in total. The lowest BCUT2D eigenvalue weighted by Gasteiger charge is -2.35. The molecule has 2 aromatic rings. The highest BCUT2D eigenvalue weighted by atomic mass is 15.2. The molecular formula is C19H23N. The van der Waals surface area contributed by atoms with Crippen molar-refractivity contribution in [2.45, 2.75) is 32.2 Å². The maximum Gasteiger partial charge on any atom is 0.0601 e. The summed E-state index contributed by atoms with van der Waals surface area (Å²) in [4.78, 5) is 2.64. The fraction of sp³-hybridized carbons (Fsp3) is 0.368. The van der Waals surface area contributed by atoms with Crippen LogP contribution >= 0.6 is 0 Å². The summed E-state index contributed by atoms with van der Waals surface area (Å²) in [5.74, 6) is 0. The quantitative estimate of drug-likeness (QED) is 0.785. The fourth-order valence-corrected chi connectivity index (χ4v) is 3.17. The Bertz CT molecular complexity index is 523. The van der Waals surface area contributed by atoms with Gasteiger partial charge in [0.25, 0.3) is 0 Å². The summed E-state index contributed by atoms with van der Waals surface area (Å²) in [6, 6.07) is 20.4. The van der Waals surface area contributed by atoms with Gasteiger partial charge in [-0.15, -0.1) is 0 Å². The Morgan fingerprint density at radius 3 is 2.00 bits per heavy atom. The van der Waals surface area contributed by atoms with Gasteiger partial charge in [0.05, 0.1) is 6.04 Å². The third-order valence-corrected chi connectivity index (χ3v) is 4.26. The molecule has 1 saturated heterocycles. The third-order valence-electron chi connectivity index (χ3n) is 4.26. The van der Waals surface area contributed by atoms with Crippen LogP contribution in [0.5, 0.6) is 0 Å². The van der Waals surface area contributed by atoms with Crippen LogP contribution in [0, 0.1) is 6.92 Å². The number of hydrogen-bond donors (Lipinski definition) is 0. The molecule has 2 aromatic carbocycles. The first-order valence-corrected chi connectivity index (χ1v) is 7.70. The number of aryl methyl sites for hydroxylation is 1. The van der Waals surface area contributed by atoms with Crippen LogP contribution in [-0.2, 0) is 0 Å². The summed E-state index contributed by atoms with van der Waals surface area (Å²) in [6.45, 7) is 4.59. The average Bonchev–Trinajstić information content (AvgIpc) is 2.52. The molecule has 1 atom stereocenters. The van der Waals surface area contributed by atoms with Crippen LogP contribution in [0.15, 0.2) is 54.6 Å². The molecule has 1 unspecified atom stereocenters. The SMILES string of the molecule is Cc1ccc(C(c2ccccc2)N2CCCCC2)cc1. The van der Waals surface area contributed by atoms with E-state index in [1.807, 2.05) is 0 Å². The van der Waals surface area contributed by atoms with E-state index in [0.29, 0.717) is 6.04 Å². The van der Waals surface area contributed by atoms with Crippen molar-refractivity contribution in [3.8, 4) is 0 Å². The molecule has 0 amide bonds. The second-order valence-corrected chi connectivity index (χ2v) is 5.82. The van der Waals surface area contributed by atoms with E-state index in [4.69, 9.17) is 0 Å². The zero-order valence-corrected chi connectivity index (χ0v) is 12.3. The topological polar surface area (TPSA) is 3.24 Å². The predicted molar refractivity (Wildman–Crippen MR) is 84.9 cm³/mol. The van der Waals surface area contributed by atoms with Crippen LogP contribution in [0.3, 0.4) is 0 Å². The van der Waals surface area contributed by atoms with E-state index in [9.17, 15) is 0 Å². The zero-order valence-electron chi connectivity index (χ0n) is 12.3. The summed E-state index contributed by atoms with van der Waals surface area (Å²) in [6.07, 6.45) is 4.04. The van der Waals surface area contributed by atoms with Crippen LogP contribution in [0.2, 0.25) is 0 Å². The normalized spacial score (nSPS) is 17.9. The Morgan fingerprint density at radius 2 is 1.35 bits per heavy atom. The van der Waals surface area contributed by atoms with E-state index in [0.717, 1.165) is 0 Å². The second-order valence-electron chi connectivity index (χ2n) is 5.82. The Balaban J connectivity index is 1.96. The first-order valence-electron chi connectivity index (χ1n) is 7.70. The number of nitrogens with zero attached hydrogens (tertiary/aromatic N) is 1. The first kappa shape index (κ1) is 13.4. The molecule has 1 heterocycles. The highest BCUT2D eigenvalue weighted by Crippen LogP contribution is 2.31. The zero-order chi connectivity index (χ0) is 13.8. The summed E-state index contributed by atoms with van der Waals surface area (Å²) >= 11 is 0. The highest BCUT2D eigenvalue weighted by molar-refractivity contribution is 5.33. The number of benzene rings is 2. The van der Waals surface area contributed by atoms with Crippen LogP contribution in [0.25, 0.3) is 0 Å². The van der Waals surface area contributed by atoms with Gasteiger partial charge in [0.15, 0.2) is 0 Å². The molecule has 1 aliphatic heterocycles. The molecule has 1 heteroatoms. The molecule has 0 aliphatic carbocycles. The van der Waals surface area contributed by atoms with Crippen molar-refractivity contribution in [3.05, 3.63) is 71.3 Å². The van der Waals surface area contributed by atoms with Gasteiger partial charge < -0.3 is 0 Å². The fourth-order valence-electron chi connectivity index (χ4n) is 3.17. The summed E-state index contributed by atoms with van der Waals surface area (Å²) in [5.41, 5.74) is 4.17. The lowest BCUT2D eigenvalue weighted by Crippen LogP contribution is -2.34. The van der Waals surface area contributed by atoms with E-state index in [1.165, 1.54) is 49.0 Å². The van der Waals surface area contributed by atoms with Gasteiger partial charge in [-0.1, -0.05) is 66.6 Å². The summed E-state index contributed by atoms with van der Waals surface area (Å²) in [7, 11) is 0. The Morgan fingerprint density at radius 1 is 0.750 bits per heavy atom. The van der Waals surface area contributed by atoms with E-state index in [-0.39, 0.29) is 0 Å². The van der Waals surface area contributed by atoms with Crippen molar-refractivity contribution in [2.24, 2.45) is 0 Å². The Hall–Kier alpha value is -1.60. The molecule has 1 aliphatic rings. The lowest BCUT2D eigenvalue weighted by molar-refractivity contribution is 0.187. The molecule has 3 rings (SSSR count). The second kappa shape index (κ2) is 6.23. The minimum Gasteiger partial charge on any atom is -0.292 e. The maximum absolute atomic E-state index is 2.64. The van der Waals surface area contributed by atoms with Crippen molar-refractivity contribution in [1.82, 2.24) is 4.90 Å². The standard InChI is InChI=1S/C19H23N/c1-16-10-12-18(13-11-16)19(17-8-4-2-5-9-17)20-14-6-3-7-15-20/h2,4-5,8-13,19H,3,6-7,14-15H2,1H3. The largest absolute Gasteiger partial charge is 0.292 e. The molecule has 0 radical (unpaired) electrons. The molecular weight excluding hydrogens is 242 g/mol. The summed E-state index contributed by atoms with van der Waals surface area (Å²) in [5, 5.41) is 0. The molecule has 0 bridgehead atoms. The predicted octanol–water partition coefficient (Wildman–Crippen LogP) is 4.57. The lowest BCUT2D eigenvalue weighted by atomic mass is 9.94. The number of hydrogen-bond acceptors (Lipinski definition) is 1. The molecule has 1 fully saturated rings. The van der Waals surface area contributed by atoms with Crippen molar-refractivity contribution in [1.29, 1.82) is 0 Å². The Kier molecular flexibility index (Phi) is 4.17. The van der Waals surface area contributed by atoms with Crippen LogP contribution < -0.4 is 0 Å². The molecule has 0 N–H and O–H groups in total. The van der Waals surface area contributed by atoms with Crippen LogP contribution in [0.4, 0.5) is 0 Å². The number of likely N-dealkylation sites (tertiary alicyclic amines) is 1. The van der Waals surface area contributed by atoms with Gasteiger partial charge >= 0.3 is 0 Å².